The van der Waals surface area contributed by atoms with Crippen LogP contribution in [0.15, 0.2) is 48.5 Å². The number of unbranched alkanes of at least 4 members (excludes halogenated alkanes) is 8. The van der Waals surface area contributed by atoms with Crippen LogP contribution in [0.5, 0.6) is 0 Å². The third-order valence-corrected chi connectivity index (χ3v) is 7.32. The standard InChI is InChI=1S/C28H38N2O2S/c1-3-4-5-6-7-8-9-10-11-18-26(31)29-24-16-13-15-23(20-24)28-30(27(32)21-33-28)25-17-12-14-22(2)19-25/h12-17,19-20,28H,3-11,18,21H2,1-2H3,(H,29,31). The minimum atomic E-state index is -0.0755. The van der Waals surface area contributed by atoms with Gasteiger partial charge in [-0.1, -0.05) is 82.6 Å². The summed E-state index contributed by atoms with van der Waals surface area (Å²) in [7, 11) is 0. The molecule has 1 aliphatic heterocycles. The second-order valence-electron chi connectivity index (χ2n) is 9.02. The summed E-state index contributed by atoms with van der Waals surface area (Å²) in [6.07, 6.45) is 11.8. The van der Waals surface area contributed by atoms with Crippen molar-refractivity contribution in [2.75, 3.05) is 16.0 Å². The molecular weight excluding hydrogens is 428 g/mol. The lowest BCUT2D eigenvalue weighted by atomic mass is 10.1. The molecule has 4 nitrogen and oxygen atoms in total. The van der Waals surface area contributed by atoms with Gasteiger partial charge in [0, 0.05) is 17.8 Å². The fourth-order valence-electron chi connectivity index (χ4n) is 4.32. The van der Waals surface area contributed by atoms with Crippen LogP contribution in [-0.4, -0.2) is 17.6 Å². The number of hydrogen-bond acceptors (Lipinski definition) is 3. The van der Waals surface area contributed by atoms with Gasteiger partial charge in [0.05, 0.1) is 5.75 Å². The van der Waals surface area contributed by atoms with E-state index >= 15 is 0 Å². The second kappa shape index (κ2) is 13.4. The van der Waals surface area contributed by atoms with E-state index in [-0.39, 0.29) is 17.2 Å². The lowest BCUT2D eigenvalue weighted by Crippen LogP contribution is -2.27. The number of nitrogens with one attached hydrogen (secondary N) is 1. The highest BCUT2D eigenvalue weighted by molar-refractivity contribution is 8.00. The van der Waals surface area contributed by atoms with Crippen molar-refractivity contribution in [2.45, 2.75) is 83.4 Å². The molecule has 0 saturated carbocycles. The number of nitrogens with zero attached hydrogens (tertiary/aromatic N) is 1. The molecule has 0 aromatic heterocycles. The van der Waals surface area contributed by atoms with Gasteiger partial charge in [-0.25, -0.2) is 0 Å². The van der Waals surface area contributed by atoms with Crippen molar-refractivity contribution in [3.63, 3.8) is 0 Å². The van der Waals surface area contributed by atoms with Crippen molar-refractivity contribution in [3.05, 3.63) is 59.7 Å². The Bertz CT molecular complexity index is 914. The van der Waals surface area contributed by atoms with Gasteiger partial charge in [0.1, 0.15) is 5.37 Å². The maximum atomic E-state index is 12.6. The van der Waals surface area contributed by atoms with Crippen LogP contribution < -0.4 is 10.2 Å². The number of thioether (sulfide) groups is 1. The number of carbonyl (C=O) groups excluding carboxylic acids is 2. The van der Waals surface area contributed by atoms with E-state index in [4.69, 9.17) is 0 Å². The predicted molar refractivity (Wildman–Crippen MR) is 141 cm³/mol. The Morgan fingerprint density at radius 1 is 0.970 bits per heavy atom. The van der Waals surface area contributed by atoms with Crippen LogP contribution in [0.1, 0.15) is 87.6 Å². The minimum absolute atomic E-state index is 0.0702. The molecule has 5 heteroatoms. The summed E-state index contributed by atoms with van der Waals surface area (Å²) in [5.74, 6) is 0.657. The fourth-order valence-corrected chi connectivity index (χ4v) is 5.48. The van der Waals surface area contributed by atoms with Crippen LogP contribution in [0, 0.1) is 6.92 Å². The van der Waals surface area contributed by atoms with Crippen LogP contribution in [0.25, 0.3) is 0 Å². The van der Waals surface area contributed by atoms with Gasteiger partial charge in [-0.15, -0.1) is 11.8 Å². The van der Waals surface area contributed by atoms with Gasteiger partial charge >= 0.3 is 0 Å². The molecular formula is C28H38N2O2S. The van der Waals surface area contributed by atoms with Gasteiger partial charge in [0.15, 0.2) is 0 Å². The van der Waals surface area contributed by atoms with Gasteiger partial charge in [0.2, 0.25) is 11.8 Å². The molecule has 2 aromatic carbocycles. The van der Waals surface area contributed by atoms with Crippen molar-refractivity contribution < 1.29 is 9.59 Å². The monoisotopic (exact) mass is 466 g/mol. The first-order chi connectivity index (χ1) is 16.1. The van der Waals surface area contributed by atoms with Crippen molar-refractivity contribution in [1.82, 2.24) is 0 Å². The maximum absolute atomic E-state index is 12.6. The van der Waals surface area contributed by atoms with E-state index in [1.54, 1.807) is 11.8 Å². The fraction of sp³-hybridized carbons (Fsp3) is 0.500. The Kier molecular flexibility index (Phi) is 10.3. The van der Waals surface area contributed by atoms with E-state index in [0.717, 1.165) is 35.3 Å². The Morgan fingerprint density at radius 3 is 2.39 bits per heavy atom. The maximum Gasteiger partial charge on any atom is 0.238 e. The molecule has 0 bridgehead atoms. The van der Waals surface area contributed by atoms with Gasteiger partial charge in [-0.3, -0.25) is 14.5 Å². The summed E-state index contributed by atoms with van der Waals surface area (Å²) >= 11 is 1.63. The van der Waals surface area contributed by atoms with Gasteiger partial charge < -0.3 is 5.32 Å². The summed E-state index contributed by atoms with van der Waals surface area (Å²) in [4.78, 5) is 26.9. The van der Waals surface area contributed by atoms with E-state index in [1.807, 2.05) is 60.4 Å². The second-order valence-corrected chi connectivity index (χ2v) is 10.1. The quantitative estimate of drug-likeness (QED) is 0.309. The van der Waals surface area contributed by atoms with Crippen LogP contribution in [0.4, 0.5) is 11.4 Å². The molecule has 3 rings (SSSR count). The first-order valence-electron chi connectivity index (χ1n) is 12.5. The molecule has 2 amide bonds. The van der Waals surface area contributed by atoms with E-state index in [2.05, 4.69) is 12.2 Å². The average molecular weight is 467 g/mol. The highest BCUT2D eigenvalue weighted by atomic mass is 32.2. The Balaban J connectivity index is 1.48. The number of benzene rings is 2. The zero-order valence-corrected chi connectivity index (χ0v) is 21.0. The normalized spacial score (nSPS) is 15.8. The molecule has 1 saturated heterocycles. The van der Waals surface area contributed by atoms with Crippen molar-refractivity contribution in [1.29, 1.82) is 0 Å². The highest BCUT2D eigenvalue weighted by Gasteiger charge is 2.34. The zero-order chi connectivity index (χ0) is 23.5. The molecule has 1 aliphatic rings. The molecule has 1 unspecified atom stereocenters. The number of aryl methyl sites for hydroxylation is 1. The molecule has 0 radical (unpaired) electrons. The highest BCUT2D eigenvalue weighted by Crippen LogP contribution is 2.42. The predicted octanol–water partition coefficient (Wildman–Crippen LogP) is 7.63. The van der Waals surface area contributed by atoms with Crippen molar-refractivity contribution in [3.8, 4) is 0 Å². The van der Waals surface area contributed by atoms with Crippen LogP contribution in [0.2, 0.25) is 0 Å². The van der Waals surface area contributed by atoms with Gasteiger partial charge in [-0.05, 0) is 48.7 Å². The molecule has 33 heavy (non-hydrogen) atoms. The summed E-state index contributed by atoms with van der Waals surface area (Å²) in [6, 6.07) is 16.0. The summed E-state index contributed by atoms with van der Waals surface area (Å²) in [5.41, 5.74) is 3.90. The molecule has 1 heterocycles. The first kappa shape index (κ1) is 25.4. The van der Waals surface area contributed by atoms with Crippen molar-refractivity contribution >= 4 is 35.0 Å². The van der Waals surface area contributed by atoms with Crippen molar-refractivity contribution in [2.24, 2.45) is 0 Å². The Labute approximate surface area is 203 Å². The molecule has 1 N–H and O–H groups in total. The minimum Gasteiger partial charge on any atom is -0.326 e. The number of hydrogen-bond donors (Lipinski definition) is 1. The summed E-state index contributed by atoms with van der Waals surface area (Å²) < 4.78 is 0. The molecule has 0 spiro atoms. The molecule has 1 fully saturated rings. The summed E-state index contributed by atoms with van der Waals surface area (Å²) in [6.45, 7) is 4.28. The first-order valence-corrected chi connectivity index (χ1v) is 13.5. The molecule has 178 valence electrons. The Hall–Kier alpha value is -2.27. The topological polar surface area (TPSA) is 49.4 Å². The lowest BCUT2D eigenvalue weighted by molar-refractivity contribution is -0.117. The van der Waals surface area contributed by atoms with E-state index in [0.29, 0.717) is 12.2 Å². The molecule has 2 aromatic rings. The zero-order valence-electron chi connectivity index (χ0n) is 20.1. The third-order valence-electron chi connectivity index (χ3n) is 6.11. The largest absolute Gasteiger partial charge is 0.326 e. The van der Waals surface area contributed by atoms with Crippen LogP contribution >= 0.6 is 11.8 Å². The van der Waals surface area contributed by atoms with Gasteiger partial charge in [-0.2, -0.15) is 0 Å². The third kappa shape index (κ3) is 7.92. The summed E-state index contributed by atoms with van der Waals surface area (Å²) in [5, 5.41) is 2.98. The number of rotatable bonds is 13. The smallest absolute Gasteiger partial charge is 0.238 e. The Morgan fingerprint density at radius 2 is 1.67 bits per heavy atom. The number of anilines is 2. The van der Waals surface area contributed by atoms with Crippen LogP contribution in [0.3, 0.4) is 0 Å². The number of carbonyl (C=O) groups is 2. The van der Waals surface area contributed by atoms with E-state index in [1.165, 1.54) is 44.9 Å². The van der Waals surface area contributed by atoms with Crippen LogP contribution in [-0.2, 0) is 9.59 Å². The van der Waals surface area contributed by atoms with Gasteiger partial charge in [0.25, 0.3) is 0 Å². The SMILES string of the molecule is CCCCCCCCCCCC(=O)Nc1cccc(C2SCC(=O)N2c2cccc(C)c2)c1. The molecule has 0 aliphatic carbocycles. The number of amides is 2. The van der Waals surface area contributed by atoms with E-state index < -0.39 is 0 Å². The molecule has 1 atom stereocenters. The van der Waals surface area contributed by atoms with E-state index in [9.17, 15) is 9.59 Å². The lowest BCUT2D eigenvalue weighted by Gasteiger charge is -2.25. The average Bonchev–Trinajstić information content (AvgIpc) is 3.19.